The lowest BCUT2D eigenvalue weighted by molar-refractivity contribution is 0.485. The van der Waals surface area contributed by atoms with Crippen LogP contribution in [-0.2, 0) is 13.1 Å². The van der Waals surface area contributed by atoms with Crippen molar-refractivity contribution in [3.05, 3.63) is 34.3 Å². The normalized spacial score (nSPS) is 18.2. The molecular formula is C11H13ClFN. The molecule has 1 aliphatic carbocycles. The Labute approximate surface area is 88.1 Å². The molecule has 1 fully saturated rings. The van der Waals surface area contributed by atoms with Crippen LogP contribution in [0.25, 0.3) is 0 Å². The molecule has 1 aromatic rings. The van der Waals surface area contributed by atoms with Gasteiger partial charge >= 0.3 is 0 Å². The molecule has 0 radical (unpaired) electrons. The van der Waals surface area contributed by atoms with E-state index in [0.717, 1.165) is 24.8 Å². The van der Waals surface area contributed by atoms with Gasteiger partial charge in [0.1, 0.15) is 6.67 Å². The van der Waals surface area contributed by atoms with Crippen molar-refractivity contribution in [2.75, 3.05) is 0 Å². The first-order chi connectivity index (χ1) is 6.63. The van der Waals surface area contributed by atoms with Gasteiger partial charge in [-0.1, -0.05) is 23.7 Å². The molecule has 1 saturated carbocycles. The summed E-state index contributed by atoms with van der Waals surface area (Å²) in [5, 5.41) is 0.636. The van der Waals surface area contributed by atoms with Gasteiger partial charge in [-0.2, -0.15) is 0 Å². The van der Waals surface area contributed by atoms with Crippen LogP contribution >= 0.6 is 11.6 Å². The quantitative estimate of drug-likeness (QED) is 0.821. The van der Waals surface area contributed by atoms with E-state index in [2.05, 4.69) is 0 Å². The number of benzene rings is 1. The molecule has 0 amide bonds. The zero-order chi connectivity index (χ0) is 10.2. The van der Waals surface area contributed by atoms with Crippen LogP contribution in [0.1, 0.15) is 24.0 Å². The molecule has 0 unspecified atom stereocenters. The average molecular weight is 214 g/mol. The lowest BCUT2D eigenvalue weighted by Crippen LogP contribution is -2.24. The summed E-state index contributed by atoms with van der Waals surface area (Å²) in [6.45, 7) is -0.465. The fourth-order valence-corrected chi connectivity index (χ4v) is 1.80. The third-order valence-electron chi connectivity index (χ3n) is 2.71. The first-order valence-corrected chi connectivity index (χ1v) is 5.13. The smallest absolute Gasteiger partial charge is 0.115 e. The van der Waals surface area contributed by atoms with Crippen LogP contribution in [0.2, 0.25) is 5.02 Å². The van der Waals surface area contributed by atoms with Crippen LogP contribution in [0.15, 0.2) is 18.2 Å². The Morgan fingerprint density at radius 2 is 2.14 bits per heavy atom. The van der Waals surface area contributed by atoms with Crippen LogP contribution < -0.4 is 5.73 Å². The molecule has 1 aliphatic rings. The second-order valence-corrected chi connectivity index (χ2v) is 4.51. The Bertz CT molecular complexity index is 347. The molecule has 0 aromatic heterocycles. The Kier molecular flexibility index (Phi) is 2.50. The number of rotatable bonds is 3. The van der Waals surface area contributed by atoms with Gasteiger partial charge in [0.15, 0.2) is 0 Å². The predicted molar refractivity (Wildman–Crippen MR) is 56.1 cm³/mol. The number of alkyl halides is 1. The molecule has 2 rings (SSSR count). The highest BCUT2D eigenvalue weighted by Gasteiger charge is 2.38. The van der Waals surface area contributed by atoms with E-state index in [0.29, 0.717) is 10.6 Å². The topological polar surface area (TPSA) is 26.0 Å². The van der Waals surface area contributed by atoms with E-state index in [1.165, 1.54) is 0 Å². The van der Waals surface area contributed by atoms with E-state index in [-0.39, 0.29) is 5.54 Å². The monoisotopic (exact) mass is 213 g/mol. The molecule has 1 nitrogen and oxygen atoms in total. The summed E-state index contributed by atoms with van der Waals surface area (Å²) in [5.74, 6) is 0. The van der Waals surface area contributed by atoms with Gasteiger partial charge in [0, 0.05) is 10.6 Å². The highest BCUT2D eigenvalue weighted by atomic mass is 35.5. The Morgan fingerprint density at radius 1 is 1.43 bits per heavy atom. The molecule has 0 aliphatic heterocycles. The molecule has 0 bridgehead atoms. The summed E-state index contributed by atoms with van der Waals surface area (Å²) in [7, 11) is 0. The molecule has 2 N–H and O–H groups in total. The summed E-state index contributed by atoms with van der Waals surface area (Å²) in [6.07, 6.45) is 2.93. The van der Waals surface area contributed by atoms with Gasteiger partial charge in [-0.05, 0) is 36.5 Å². The third-order valence-corrected chi connectivity index (χ3v) is 3.06. The summed E-state index contributed by atoms with van der Waals surface area (Å²) in [6, 6.07) is 5.33. The highest BCUT2D eigenvalue weighted by molar-refractivity contribution is 6.31. The molecule has 0 heterocycles. The van der Waals surface area contributed by atoms with Gasteiger partial charge in [-0.15, -0.1) is 0 Å². The van der Waals surface area contributed by atoms with E-state index >= 15 is 0 Å². The van der Waals surface area contributed by atoms with Crippen molar-refractivity contribution in [1.29, 1.82) is 0 Å². The van der Waals surface area contributed by atoms with Gasteiger partial charge in [-0.3, -0.25) is 0 Å². The molecule has 0 saturated heterocycles. The second-order valence-electron chi connectivity index (χ2n) is 4.10. The maximum atomic E-state index is 12.3. The maximum absolute atomic E-state index is 12.3. The van der Waals surface area contributed by atoms with Crippen molar-refractivity contribution >= 4 is 11.6 Å². The molecule has 76 valence electrons. The predicted octanol–water partition coefficient (Wildman–Crippen LogP) is 2.84. The Balaban J connectivity index is 2.17. The van der Waals surface area contributed by atoms with Crippen molar-refractivity contribution in [2.24, 2.45) is 5.73 Å². The van der Waals surface area contributed by atoms with E-state index in [1.54, 1.807) is 12.1 Å². The lowest BCUT2D eigenvalue weighted by Gasteiger charge is -2.10. The van der Waals surface area contributed by atoms with Gasteiger partial charge in [0.05, 0.1) is 0 Å². The molecule has 0 spiro atoms. The van der Waals surface area contributed by atoms with E-state index in [1.807, 2.05) is 6.07 Å². The first-order valence-electron chi connectivity index (χ1n) is 4.75. The Hall–Kier alpha value is -0.600. The molecular weight excluding hydrogens is 201 g/mol. The SMILES string of the molecule is NC1(Cc2ccc(CF)cc2Cl)CC1. The summed E-state index contributed by atoms with van der Waals surface area (Å²) >= 11 is 6.02. The van der Waals surface area contributed by atoms with Crippen molar-refractivity contribution < 1.29 is 4.39 Å². The highest BCUT2D eigenvalue weighted by Crippen LogP contribution is 2.37. The zero-order valence-corrected chi connectivity index (χ0v) is 8.65. The second kappa shape index (κ2) is 3.52. The summed E-state index contributed by atoms with van der Waals surface area (Å²) in [4.78, 5) is 0. The molecule has 3 heteroatoms. The van der Waals surface area contributed by atoms with Crippen molar-refractivity contribution in [3.63, 3.8) is 0 Å². The average Bonchev–Trinajstić information content (AvgIpc) is 2.88. The minimum atomic E-state index is -0.465. The first kappa shape index (κ1) is 9.94. The standard InChI is InChI=1S/C11H13ClFN/c12-10-5-8(7-13)1-2-9(10)6-11(14)3-4-11/h1-2,5H,3-4,6-7,14H2. The molecule has 1 aromatic carbocycles. The number of hydrogen-bond acceptors (Lipinski definition) is 1. The van der Waals surface area contributed by atoms with Crippen LogP contribution in [0.4, 0.5) is 4.39 Å². The lowest BCUT2D eigenvalue weighted by atomic mass is 10.0. The van der Waals surface area contributed by atoms with Gasteiger partial charge < -0.3 is 5.73 Å². The van der Waals surface area contributed by atoms with E-state index < -0.39 is 6.67 Å². The zero-order valence-electron chi connectivity index (χ0n) is 7.89. The van der Waals surface area contributed by atoms with Crippen molar-refractivity contribution in [2.45, 2.75) is 31.5 Å². The number of hydrogen-bond donors (Lipinski definition) is 1. The largest absolute Gasteiger partial charge is 0.325 e. The van der Waals surface area contributed by atoms with Gasteiger partial charge in [0.2, 0.25) is 0 Å². The van der Waals surface area contributed by atoms with Gasteiger partial charge in [0.25, 0.3) is 0 Å². The maximum Gasteiger partial charge on any atom is 0.115 e. The minimum Gasteiger partial charge on any atom is -0.325 e. The number of nitrogens with two attached hydrogens (primary N) is 1. The van der Waals surface area contributed by atoms with Crippen LogP contribution in [0.3, 0.4) is 0 Å². The number of halogens is 2. The van der Waals surface area contributed by atoms with Crippen molar-refractivity contribution in [1.82, 2.24) is 0 Å². The third kappa shape index (κ3) is 2.07. The fraction of sp³-hybridized carbons (Fsp3) is 0.455. The van der Waals surface area contributed by atoms with Crippen LogP contribution in [-0.4, -0.2) is 5.54 Å². The minimum absolute atomic E-state index is 0.0408. The van der Waals surface area contributed by atoms with E-state index in [4.69, 9.17) is 17.3 Å². The summed E-state index contributed by atoms with van der Waals surface area (Å²) in [5.41, 5.74) is 7.60. The molecule has 14 heavy (non-hydrogen) atoms. The fourth-order valence-electron chi connectivity index (χ4n) is 1.53. The Morgan fingerprint density at radius 3 is 2.64 bits per heavy atom. The van der Waals surface area contributed by atoms with Crippen LogP contribution in [0, 0.1) is 0 Å². The summed E-state index contributed by atoms with van der Waals surface area (Å²) < 4.78 is 12.3. The molecule has 0 atom stereocenters. The van der Waals surface area contributed by atoms with Gasteiger partial charge in [-0.25, -0.2) is 4.39 Å². The van der Waals surface area contributed by atoms with E-state index in [9.17, 15) is 4.39 Å². The van der Waals surface area contributed by atoms with Crippen molar-refractivity contribution in [3.8, 4) is 0 Å². The van der Waals surface area contributed by atoms with Crippen LogP contribution in [0.5, 0.6) is 0 Å².